The molecule has 0 saturated carbocycles. The predicted octanol–water partition coefficient (Wildman–Crippen LogP) is 1.38. The van der Waals surface area contributed by atoms with Gasteiger partial charge in [0.15, 0.2) is 5.82 Å². The fourth-order valence-electron chi connectivity index (χ4n) is 2.15. The number of carbonyl (C=O) groups is 1. The zero-order valence-electron chi connectivity index (χ0n) is 10.5. The number of amides is 1. The summed E-state index contributed by atoms with van der Waals surface area (Å²) in [6, 6.07) is 4.56. The molecule has 6 heteroatoms. The molecule has 0 bridgehead atoms. The third-order valence-corrected chi connectivity index (χ3v) is 3.34. The minimum atomic E-state index is -0.356. The van der Waals surface area contributed by atoms with Crippen molar-refractivity contribution in [1.29, 1.82) is 0 Å². The van der Waals surface area contributed by atoms with E-state index in [0.29, 0.717) is 30.8 Å². The summed E-state index contributed by atoms with van der Waals surface area (Å²) in [5.41, 5.74) is 0.908. The van der Waals surface area contributed by atoms with Crippen LogP contribution >= 0.6 is 0 Å². The van der Waals surface area contributed by atoms with E-state index in [2.05, 4.69) is 10.2 Å². The van der Waals surface area contributed by atoms with Crippen molar-refractivity contribution < 1.29 is 9.18 Å². The predicted molar refractivity (Wildman–Crippen MR) is 65.9 cm³/mol. The highest BCUT2D eigenvalue weighted by Crippen LogP contribution is 2.15. The molecule has 0 radical (unpaired) electrons. The van der Waals surface area contributed by atoms with Gasteiger partial charge in [0.1, 0.15) is 12.1 Å². The van der Waals surface area contributed by atoms with Gasteiger partial charge < -0.3 is 9.47 Å². The van der Waals surface area contributed by atoms with Gasteiger partial charge in [0, 0.05) is 18.7 Å². The molecule has 0 saturated heterocycles. The van der Waals surface area contributed by atoms with Crippen LogP contribution in [0.15, 0.2) is 24.5 Å². The van der Waals surface area contributed by atoms with Crippen molar-refractivity contribution >= 4 is 5.91 Å². The first-order chi connectivity index (χ1) is 9.15. The zero-order chi connectivity index (χ0) is 13.4. The van der Waals surface area contributed by atoms with Crippen molar-refractivity contribution in [3.05, 3.63) is 47.3 Å². The summed E-state index contributed by atoms with van der Waals surface area (Å²) < 4.78 is 15.4. The van der Waals surface area contributed by atoms with Gasteiger partial charge in [-0.05, 0) is 24.6 Å². The highest BCUT2D eigenvalue weighted by Gasteiger charge is 2.23. The highest BCUT2D eigenvalue weighted by atomic mass is 19.1. The topological polar surface area (TPSA) is 51.0 Å². The molecule has 2 heterocycles. The lowest BCUT2D eigenvalue weighted by Gasteiger charge is -2.27. The molecule has 2 aromatic rings. The lowest BCUT2D eigenvalue weighted by Crippen LogP contribution is -2.38. The molecule has 1 aromatic heterocycles. The van der Waals surface area contributed by atoms with Crippen LogP contribution in [0.25, 0.3) is 0 Å². The number of benzene rings is 1. The largest absolute Gasteiger partial charge is 0.329 e. The molecule has 1 aliphatic heterocycles. The van der Waals surface area contributed by atoms with Gasteiger partial charge in [-0.3, -0.25) is 4.79 Å². The van der Waals surface area contributed by atoms with Crippen LogP contribution in [0.4, 0.5) is 4.39 Å². The molecule has 0 fully saturated rings. The number of hydrogen-bond acceptors (Lipinski definition) is 3. The van der Waals surface area contributed by atoms with Crippen molar-refractivity contribution in [2.45, 2.75) is 20.0 Å². The Morgan fingerprint density at radius 2 is 2.21 bits per heavy atom. The minimum Gasteiger partial charge on any atom is -0.329 e. The Hall–Kier alpha value is -2.24. The summed E-state index contributed by atoms with van der Waals surface area (Å²) in [6.07, 6.45) is 1.66. The molecular weight excluding hydrogens is 247 g/mol. The molecule has 1 amide bonds. The van der Waals surface area contributed by atoms with E-state index in [4.69, 9.17) is 0 Å². The Bertz CT molecular complexity index is 637. The van der Waals surface area contributed by atoms with E-state index < -0.39 is 0 Å². The van der Waals surface area contributed by atoms with E-state index in [1.165, 1.54) is 6.07 Å². The second-order valence-corrected chi connectivity index (χ2v) is 4.63. The Morgan fingerprint density at radius 3 is 3.00 bits per heavy atom. The lowest BCUT2D eigenvalue weighted by molar-refractivity contribution is 0.0707. The standard InChI is InChI=1S/C13H13FN4O/c1-9-2-3-10(6-11(9)14)13(19)17-4-5-18-8-15-16-12(18)7-17/h2-3,6,8H,4-5,7H2,1H3. The molecular formula is C13H13FN4O. The molecule has 0 unspecified atom stereocenters. The second-order valence-electron chi connectivity index (χ2n) is 4.63. The van der Waals surface area contributed by atoms with Gasteiger partial charge in [0.2, 0.25) is 0 Å². The van der Waals surface area contributed by atoms with E-state index in [9.17, 15) is 9.18 Å². The van der Waals surface area contributed by atoms with Crippen LogP contribution in [0.1, 0.15) is 21.7 Å². The molecule has 5 nitrogen and oxygen atoms in total. The van der Waals surface area contributed by atoms with Crippen LogP contribution in [0.5, 0.6) is 0 Å². The van der Waals surface area contributed by atoms with Crippen molar-refractivity contribution in [3.8, 4) is 0 Å². The van der Waals surface area contributed by atoms with Crippen LogP contribution in [0, 0.1) is 12.7 Å². The molecule has 98 valence electrons. The number of aromatic nitrogens is 3. The summed E-state index contributed by atoms with van der Waals surface area (Å²) in [5.74, 6) is 0.228. The van der Waals surface area contributed by atoms with Crippen LogP contribution in [0.2, 0.25) is 0 Å². The maximum atomic E-state index is 13.5. The summed E-state index contributed by atoms with van der Waals surface area (Å²) in [5, 5.41) is 7.77. The van der Waals surface area contributed by atoms with Gasteiger partial charge in [-0.25, -0.2) is 4.39 Å². The number of aryl methyl sites for hydroxylation is 1. The van der Waals surface area contributed by atoms with E-state index in [1.54, 1.807) is 30.3 Å². The molecule has 0 aliphatic carbocycles. The first kappa shape index (κ1) is 11.8. The Labute approximate surface area is 109 Å². The van der Waals surface area contributed by atoms with Gasteiger partial charge in [0.05, 0.1) is 6.54 Å². The second kappa shape index (κ2) is 4.46. The van der Waals surface area contributed by atoms with E-state index >= 15 is 0 Å². The number of fused-ring (bicyclic) bond motifs is 1. The third kappa shape index (κ3) is 2.09. The van der Waals surface area contributed by atoms with Crippen molar-refractivity contribution in [3.63, 3.8) is 0 Å². The molecule has 0 atom stereocenters. The molecule has 1 aromatic carbocycles. The summed E-state index contributed by atoms with van der Waals surface area (Å²) in [7, 11) is 0. The average Bonchev–Trinajstić information content (AvgIpc) is 2.88. The van der Waals surface area contributed by atoms with E-state index in [0.717, 1.165) is 5.82 Å². The molecule has 0 N–H and O–H groups in total. The normalized spacial score (nSPS) is 14.3. The fraction of sp³-hybridized carbons (Fsp3) is 0.308. The molecule has 0 spiro atoms. The number of halogens is 1. The van der Waals surface area contributed by atoms with E-state index in [1.807, 2.05) is 4.57 Å². The monoisotopic (exact) mass is 260 g/mol. The van der Waals surface area contributed by atoms with Crippen molar-refractivity contribution in [1.82, 2.24) is 19.7 Å². The van der Waals surface area contributed by atoms with Gasteiger partial charge in [0.25, 0.3) is 5.91 Å². The number of hydrogen-bond donors (Lipinski definition) is 0. The number of nitrogens with zero attached hydrogens (tertiary/aromatic N) is 4. The maximum Gasteiger partial charge on any atom is 0.254 e. The Balaban J connectivity index is 1.83. The van der Waals surface area contributed by atoms with Crippen molar-refractivity contribution in [2.24, 2.45) is 0 Å². The molecule has 3 rings (SSSR count). The summed E-state index contributed by atoms with van der Waals surface area (Å²) in [6.45, 7) is 3.34. The van der Waals surface area contributed by atoms with Gasteiger partial charge in [-0.2, -0.15) is 0 Å². The van der Waals surface area contributed by atoms with Gasteiger partial charge in [-0.15, -0.1) is 10.2 Å². The lowest BCUT2D eigenvalue weighted by atomic mass is 10.1. The van der Waals surface area contributed by atoms with Crippen LogP contribution in [0.3, 0.4) is 0 Å². The first-order valence-electron chi connectivity index (χ1n) is 6.07. The first-order valence-corrected chi connectivity index (χ1v) is 6.07. The fourth-order valence-corrected chi connectivity index (χ4v) is 2.15. The minimum absolute atomic E-state index is 0.173. The van der Waals surface area contributed by atoms with Crippen molar-refractivity contribution in [2.75, 3.05) is 6.54 Å². The maximum absolute atomic E-state index is 13.5. The number of rotatable bonds is 1. The average molecular weight is 260 g/mol. The smallest absolute Gasteiger partial charge is 0.254 e. The quantitative estimate of drug-likeness (QED) is 0.778. The SMILES string of the molecule is Cc1ccc(C(=O)N2CCn3cnnc3C2)cc1F. The molecule has 19 heavy (non-hydrogen) atoms. The molecule has 1 aliphatic rings. The van der Waals surface area contributed by atoms with Crippen LogP contribution in [-0.4, -0.2) is 32.1 Å². The zero-order valence-corrected chi connectivity index (χ0v) is 10.5. The van der Waals surface area contributed by atoms with Crippen LogP contribution in [-0.2, 0) is 13.1 Å². The van der Waals surface area contributed by atoms with Gasteiger partial charge >= 0.3 is 0 Å². The third-order valence-electron chi connectivity index (χ3n) is 3.34. The summed E-state index contributed by atoms with van der Waals surface area (Å²) in [4.78, 5) is 14.0. The Kier molecular flexibility index (Phi) is 2.77. The van der Waals surface area contributed by atoms with Gasteiger partial charge in [-0.1, -0.05) is 6.07 Å². The Morgan fingerprint density at radius 1 is 1.37 bits per heavy atom. The van der Waals surface area contributed by atoms with Crippen LogP contribution < -0.4 is 0 Å². The number of carbonyl (C=O) groups excluding carboxylic acids is 1. The summed E-state index contributed by atoms with van der Waals surface area (Å²) >= 11 is 0. The highest BCUT2D eigenvalue weighted by molar-refractivity contribution is 5.94. The van der Waals surface area contributed by atoms with E-state index in [-0.39, 0.29) is 11.7 Å².